The Morgan fingerprint density at radius 2 is 1.86 bits per heavy atom. The summed E-state index contributed by atoms with van der Waals surface area (Å²) in [6, 6.07) is 0. The second-order valence-corrected chi connectivity index (χ2v) is 8.88. The third-order valence-corrected chi connectivity index (χ3v) is 5.96. The quantitative estimate of drug-likeness (QED) is 0.633. The SMILES string of the molecule is CC(C)S(=O)(=O)NCC1(I)CCCC1. The van der Waals surface area contributed by atoms with Crippen molar-refractivity contribution in [3.05, 3.63) is 0 Å². The summed E-state index contributed by atoms with van der Waals surface area (Å²) in [6.45, 7) is 4.00. The first-order valence-electron chi connectivity index (χ1n) is 5.03. The van der Waals surface area contributed by atoms with Crippen LogP contribution in [0.3, 0.4) is 0 Å². The maximum atomic E-state index is 11.5. The number of alkyl halides is 1. The van der Waals surface area contributed by atoms with Gasteiger partial charge in [0, 0.05) is 9.97 Å². The van der Waals surface area contributed by atoms with Gasteiger partial charge < -0.3 is 0 Å². The summed E-state index contributed by atoms with van der Waals surface area (Å²) >= 11 is 2.40. The van der Waals surface area contributed by atoms with Crippen LogP contribution < -0.4 is 4.72 Å². The number of hydrogen-bond donors (Lipinski definition) is 1. The first-order valence-corrected chi connectivity index (χ1v) is 7.66. The van der Waals surface area contributed by atoms with E-state index in [1.54, 1.807) is 13.8 Å². The predicted molar refractivity (Wildman–Crippen MR) is 67.3 cm³/mol. The topological polar surface area (TPSA) is 46.2 Å². The highest BCUT2D eigenvalue weighted by Gasteiger charge is 2.32. The molecule has 1 saturated carbocycles. The van der Waals surface area contributed by atoms with Gasteiger partial charge in [0.15, 0.2) is 0 Å². The van der Waals surface area contributed by atoms with Gasteiger partial charge in [-0.05, 0) is 26.7 Å². The van der Waals surface area contributed by atoms with E-state index in [0.29, 0.717) is 6.54 Å². The maximum absolute atomic E-state index is 11.5. The smallest absolute Gasteiger partial charge is 0.213 e. The fraction of sp³-hybridized carbons (Fsp3) is 1.00. The number of rotatable bonds is 4. The van der Waals surface area contributed by atoms with E-state index in [-0.39, 0.29) is 8.67 Å². The Kier molecular flexibility index (Phi) is 4.22. The summed E-state index contributed by atoms with van der Waals surface area (Å²) in [4.78, 5) is 0. The Bertz CT molecular complexity index is 281. The molecule has 0 bridgehead atoms. The van der Waals surface area contributed by atoms with Crippen molar-refractivity contribution in [3.63, 3.8) is 0 Å². The molecule has 84 valence electrons. The summed E-state index contributed by atoms with van der Waals surface area (Å²) < 4.78 is 25.9. The zero-order chi connectivity index (χ0) is 10.8. The Labute approximate surface area is 100 Å². The molecule has 3 nitrogen and oxygen atoms in total. The van der Waals surface area contributed by atoms with Gasteiger partial charge in [0.05, 0.1) is 5.25 Å². The summed E-state index contributed by atoms with van der Waals surface area (Å²) in [6.07, 6.45) is 4.72. The third-order valence-electron chi connectivity index (χ3n) is 2.71. The minimum Gasteiger partial charge on any atom is -0.214 e. The molecule has 0 saturated heterocycles. The number of sulfonamides is 1. The fourth-order valence-corrected chi connectivity index (χ4v) is 3.61. The summed E-state index contributed by atoms with van der Waals surface area (Å²) in [5.74, 6) is 0. The van der Waals surface area contributed by atoms with Crippen LogP contribution in [0.4, 0.5) is 0 Å². The predicted octanol–water partition coefficient (Wildman–Crippen LogP) is 2.06. The second-order valence-electron chi connectivity index (χ2n) is 4.27. The fourth-order valence-electron chi connectivity index (χ4n) is 1.58. The van der Waals surface area contributed by atoms with Crippen molar-refractivity contribution in [2.75, 3.05) is 6.54 Å². The molecule has 0 radical (unpaired) electrons. The van der Waals surface area contributed by atoms with Crippen molar-refractivity contribution in [1.29, 1.82) is 0 Å². The molecule has 1 aliphatic rings. The Hall–Kier alpha value is 0.640. The van der Waals surface area contributed by atoms with E-state index in [2.05, 4.69) is 27.3 Å². The number of halogens is 1. The van der Waals surface area contributed by atoms with Gasteiger partial charge in [-0.25, -0.2) is 13.1 Å². The van der Waals surface area contributed by atoms with E-state index < -0.39 is 10.0 Å². The first-order chi connectivity index (χ1) is 6.36. The molecule has 0 aliphatic heterocycles. The first kappa shape index (κ1) is 12.7. The second kappa shape index (κ2) is 4.65. The Morgan fingerprint density at radius 3 is 2.29 bits per heavy atom. The lowest BCUT2D eigenvalue weighted by Crippen LogP contribution is -2.39. The highest BCUT2D eigenvalue weighted by molar-refractivity contribution is 14.1. The summed E-state index contributed by atoms with van der Waals surface area (Å²) in [5.41, 5.74) is 0. The van der Waals surface area contributed by atoms with Gasteiger partial charge in [0.25, 0.3) is 0 Å². The van der Waals surface area contributed by atoms with Crippen LogP contribution in [-0.2, 0) is 10.0 Å². The van der Waals surface area contributed by atoms with Crippen LogP contribution in [0.15, 0.2) is 0 Å². The highest BCUT2D eigenvalue weighted by Crippen LogP contribution is 2.37. The van der Waals surface area contributed by atoms with Gasteiger partial charge in [-0.3, -0.25) is 0 Å². The van der Waals surface area contributed by atoms with Crippen molar-refractivity contribution in [2.24, 2.45) is 0 Å². The van der Waals surface area contributed by atoms with E-state index in [0.717, 1.165) is 12.8 Å². The molecule has 1 rings (SSSR count). The van der Waals surface area contributed by atoms with E-state index in [1.165, 1.54) is 12.8 Å². The van der Waals surface area contributed by atoms with Crippen LogP contribution in [0, 0.1) is 0 Å². The van der Waals surface area contributed by atoms with E-state index in [1.807, 2.05) is 0 Å². The molecule has 0 amide bonds. The molecular formula is C9H18INO2S. The van der Waals surface area contributed by atoms with Crippen LogP contribution in [0.5, 0.6) is 0 Å². The number of hydrogen-bond acceptors (Lipinski definition) is 2. The molecule has 1 N–H and O–H groups in total. The van der Waals surface area contributed by atoms with Gasteiger partial charge in [-0.15, -0.1) is 0 Å². The maximum Gasteiger partial charge on any atom is 0.213 e. The molecule has 14 heavy (non-hydrogen) atoms. The minimum atomic E-state index is -3.08. The van der Waals surface area contributed by atoms with Crippen LogP contribution in [0.25, 0.3) is 0 Å². The molecule has 0 aromatic heterocycles. The third kappa shape index (κ3) is 3.34. The Balaban J connectivity index is 2.48. The van der Waals surface area contributed by atoms with Gasteiger partial charge in [-0.1, -0.05) is 35.4 Å². The molecule has 0 heterocycles. The van der Waals surface area contributed by atoms with Gasteiger partial charge in [0.1, 0.15) is 0 Å². The van der Waals surface area contributed by atoms with Crippen LogP contribution >= 0.6 is 22.6 Å². The summed E-state index contributed by atoms with van der Waals surface area (Å²) in [5, 5.41) is -0.330. The van der Waals surface area contributed by atoms with E-state index in [4.69, 9.17) is 0 Å². The highest BCUT2D eigenvalue weighted by atomic mass is 127. The van der Waals surface area contributed by atoms with Crippen molar-refractivity contribution >= 4 is 32.6 Å². The standard InChI is InChI=1S/C9H18INO2S/c1-8(2)14(12,13)11-7-9(10)5-3-4-6-9/h8,11H,3-7H2,1-2H3. The average molecular weight is 331 g/mol. The van der Waals surface area contributed by atoms with Crippen molar-refractivity contribution in [3.8, 4) is 0 Å². The van der Waals surface area contributed by atoms with Crippen molar-refractivity contribution in [2.45, 2.75) is 48.2 Å². The molecule has 0 spiro atoms. The molecule has 0 unspecified atom stereocenters. The van der Waals surface area contributed by atoms with Crippen molar-refractivity contribution < 1.29 is 8.42 Å². The molecular weight excluding hydrogens is 313 g/mol. The molecule has 0 aromatic carbocycles. The zero-order valence-electron chi connectivity index (χ0n) is 8.72. The number of nitrogens with one attached hydrogen (secondary N) is 1. The minimum absolute atomic E-state index is 0.166. The van der Waals surface area contributed by atoms with Crippen LogP contribution in [-0.4, -0.2) is 23.6 Å². The molecule has 5 heteroatoms. The monoisotopic (exact) mass is 331 g/mol. The van der Waals surface area contributed by atoms with Crippen LogP contribution in [0.2, 0.25) is 0 Å². The average Bonchev–Trinajstić information content (AvgIpc) is 2.50. The molecule has 0 atom stereocenters. The van der Waals surface area contributed by atoms with E-state index >= 15 is 0 Å². The largest absolute Gasteiger partial charge is 0.214 e. The Morgan fingerprint density at radius 1 is 1.36 bits per heavy atom. The lowest BCUT2D eigenvalue weighted by molar-refractivity contribution is 0.553. The van der Waals surface area contributed by atoms with Gasteiger partial charge >= 0.3 is 0 Å². The van der Waals surface area contributed by atoms with Crippen LogP contribution in [0.1, 0.15) is 39.5 Å². The molecule has 1 fully saturated rings. The zero-order valence-corrected chi connectivity index (χ0v) is 11.7. The molecule has 0 aromatic rings. The lowest BCUT2D eigenvalue weighted by Gasteiger charge is -2.22. The van der Waals surface area contributed by atoms with E-state index in [9.17, 15) is 8.42 Å². The molecule has 1 aliphatic carbocycles. The van der Waals surface area contributed by atoms with Gasteiger partial charge in [0.2, 0.25) is 10.0 Å². The normalized spacial score (nSPS) is 21.7. The summed E-state index contributed by atoms with van der Waals surface area (Å²) in [7, 11) is -3.08. The lowest BCUT2D eigenvalue weighted by atomic mass is 10.1. The van der Waals surface area contributed by atoms with Gasteiger partial charge in [-0.2, -0.15) is 0 Å². The van der Waals surface area contributed by atoms with Crippen molar-refractivity contribution in [1.82, 2.24) is 4.72 Å².